The summed E-state index contributed by atoms with van der Waals surface area (Å²) in [4.78, 5) is 0. The highest BCUT2D eigenvalue weighted by Crippen LogP contribution is 2.30. The van der Waals surface area contributed by atoms with E-state index in [4.69, 9.17) is 14.2 Å². The Kier molecular flexibility index (Phi) is 3.64. The number of hydrogen-bond donors (Lipinski definition) is 1. The lowest BCUT2D eigenvalue weighted by Gasteiger charge is -2.26. The minimum atomic E-state index is -0.0983. The Labute approximate surface area is 95.5 Å². The molecule has 0 radical (unpaired) electrons. The summed E-state index contributed by atoms with van der Waals surface area (Å²) in [5, 5.41) is 3.30. The van der Waals surface area contributed by atoms with Crippen LogP contribution in [0.4, 0.5) is 0 Å². The second-order valence-corrected chi connectivity index (χ2v) is 3.67. The highest BCUT2D eigenvalue weighted by molar-refractivity contribution is 5.41. The summed E-state index contributed by atoms with van der Waals surface area (Å²) in [5.41, 5.74) is 0.988. The molecular formula is C12H17NO3. The molecule has 2 rings (SSSR count). The van der Waals surface area contributed by atoms with E-state index in [-0.39, 0.29) is 6.23 Å². The van der Waals surface area contributed by atoms with E-state index in [1.54, 1.807) is 14.2 Å². The van der Waals surface area contributed by atoms with E-state index in [1.165, 1.54) is 0 Å². The number of ether oxygens (including phenoxy) is 3. The maximum atomic E-state index is 5.66. The average Bonchev–Trinajstić information content (AvgIpc) is 2.39. The number of rotatable bonds is 3. The quantitative estimate of drug-likeness (QED) is 0.846. The molecule has 0 aromatic heterocycles. The molecule has 1 aromatic rings. The zero-order valence-electron chi connectivity index (χ0n) is 9.66. The van der Waals surface area contributed by atoms with Crippen LogP contribution in [0.5, 0.6) is 11.5 Å². The predicted molar refractivity (Wildman–Crippen MR) is 60.9 cm³/mol. The number of benzene rings is 1. The maximum Gasteiger partial charge on any atom is 0.138 e. The second kappa shape index (κ2) is 5.18. The van der Waals surface area contributed by atoms with Gasteiger partial charge in [0.25, 0.3) is 0 Å². The zero-order chi connectivity index (χ0) is 11.4. The topological polar surface area (TPSA) is 39.7 Å². The first-order chi connectivity index (χ1) is 7.85. The van der Waals surface area contributed by atoms with Gasteiger partial charge in [0.15, 0.2) is 0 Å². The van der Waals surface area contributed by atoms with Crippen LogP contribution in [0.25, 0.3) is 0 Å². The second-order valence-electron chi connectivity index (χ2n) is 3.67. The van der Waals surface area contributed by atoms with E-state index in [0.717, 1.165) is 36.6 Å². The van der Waals surface area contributed by atoms with Crippen LogP contribution in [0.2, 0.25) is 0 Å². The van der Waals surface area contributed by atoms with Crippen LogP contribution in [0, 0.1) is 0 Å². The lowest BCUT2D eigenvalue weighted by molar-refractivity contribution is -0.00173. The minimum Gasteiger partial charge on any atom is -0.497 e. The molecule has 88 valence electrons. The molecule has 1 atom stereocenters. The van der Waals surface area contributed by atoms with Crippen molar-refractivity contribution in [2.45, 2.75) is 12.6 Å². The van der Waals surface area contributed by atoms with E-state index in [2.05, 4.69) is 5.32 Å². The van der Waals surface area contributed by atoms with Gasteiger partial charge in [0.05, 0.1) is 20.8 Å². The largest absolute Gasteiger partial charge is 0.497 e. The van der Waals surface area contributed by atoms with Crippen LogP contribution in [0.15, 0.2) is 18.2 Å². The average molecular weight is 223 g/mol. The Morgan fingerprint density at radius 2 is 2.19 bits per heavy atom. The summed E-state index contributed by atoms with van der Waals surface area (Å²) < 4.78 is 16.2. The molecule has 1 aromatic carbocycles. The SMILES string of the molecule is COc1ccc(OC)c(C2NCCCO2)c1. The van der Waals surface area contributed by atoms with Gasteiger partial charge in [-0.25, -0.2) is 0 Å². The molecule has 1 aliphatic rings. The summed E-state index contributed by atoms with van der Waals surface area (Å²) in [7, 11) is 3.31. The highest BCUT2D eigenvalue weighted by atomic mass is 16.5. The van der Waals surface area contributed by atoms with Crippen molar-refractivity contribution in [1.82, 2.24) is 5.32 Å². The zero-order valence-corrected chi connectivity index (χ0v) is 9.66. The Bertz CT molecular complexity index is 348. The molecule has 0 spiro atoms. The summed E-state index contributed by atoms with van der Waals surface area (Å²) in [6.45, 7) is 1.74. The van der Waals surface area contributed by atoms with Gasteiger partial charge in [-0.05, 0) is 24.6 Å². The fourth-order valence-corrected chi connectivity index (χ4v) is 1.81. The van der Waals surface area contributed by atoms with Gasteiger partial charge in [-0.15, -0.1) is 0 Å². The Morgan fingerprint density at radius 3 is 2.81 bits per heavy atom. The lowest BCUT2D eigenvalue weighted by atomic mass is 10.1. The molecule has 1 aliphatic heterocycles. The van der Waals surface area contributed by atoms with Gasteiger partial charge < -0.3 is 14.2 Å². The predicted octanol–water partition coefficient (Wildman–Crippen LogP) is 1.71. The molecule has 1 N–H and O–H groups in total. The molecule has 4 heteroatoms. The van der Waals surface area contributed by atoms with E-state index < -0.39 is 0 Å². The van der Waals surface area contributed by atoms with Crippen LogP contribution < -0.4 is 14.8 Å². The van der Waals surface area contributed by atoms with Crippen molar-refractivity contribution in [2.24, 2.45) is 0 Å². The van der Waals surface area contributed by atoms with Crippen molar-refractivity contribution in [2.75, 3.05) is 27.4 Å². The Hall–Kier alpha value is -1.26. The molecule has 0 bridgehead atoms. The van der Waals surface area contributed by atoms with Gasteiger partial charge >= 0.3 is 0 Å². The van der Waals surface area contributed by atoms with Gasteiger partial charge in [-0.3, -0.25) is 5.32 Å². The molecule has 0 amide bonds. The summed E-state index contributed by atoms with van der Waals surface area (Å²) in [6.07, 6.45) is 0.946. The first-order valence-electron chi connectivity index (χ1n) is 5.42. The molecule has 1 saturated heterocycles. The van der Waals surface area contributed by atoms with Crippen molar-refractivity contribution in [3.05, 3.63) is 23.8 Å². The van der Waals surface area contributed by atoms with Gasteiger partial charge in [0.2, 0.25) is 0 Å². The van der Waals surface area contributed by atoms with Crippen LogP contribution in [0.1, 0.15) is 18.2 Å². The van der Waals surface area contributed by atoms with Crippen molar-refractivity contribution in [3.8, 4) is 11.5 Å². The van der Waals surface area contributed by atoms with Crippen LogP contribution in [-0.4, -0.2) is 27.4 Å². The maximum absolute atomic E-state index is 5.66. The third-order valence-corrected chi connectivity index (χ3v) is 2.65. The van der Waals surface area contributed by atoms with Crippen LogP contribution in [-0.2, 0) is 4.74 Å². The van der Waals surface area contributed by atoms with E-state index in [1.807, 2.05) is 18.2 Å². The fraction of sp³-hybridized carbons (Fsp3) is 0.500. The Morgan fingerprint density at radius 1 is 1.31 bits per heavy atom. The highest BCUT2D eigenvalue weighted by Gasteiger charge is 2.19. The third-order valence-electron chi connectivity index (χ3n) is 2.65. The van der Waals surface area contributed by atoms with Crippen molar-refractivity contribution >= 4 is 0 Å². The number of nitrogens with one attached hydrogen (secondary N) is 1. The fourth-order valence-electron chi connectivity index (χ4n) is 1.81. The number of hydrogen-bond acceptors (Lipinski definition) is 4. The van der Waals surface area contributed by atoms with Gasteiger partial charge in [-0.1, -0.05) is 0 Å². The molecule has 4 nitrogen and oxygen atoms in total. The molecule has 0 aliphatic carbocycles. The van der Waals surface area contributed by atoms with Gasteiger partial charge in [0.1, 0.15) is 17.7 Å². The molecule has 1 unspecified atom stereocenters. The van der Waals surface area contributed by atoms with Gasteiger partial charge in [-0.2, -0.15) is 0 Å². The lowest BCUT2D eigenvalue weighted by Crippen LogP contribution is -2.31. The molecule has 1 heterocycles. The molecule has 16 heavy (non-hydrogen) atoms. The molecule has 0 saturated carbocycles. The first-order valence-corrected chi connectivity index (χ1v) is 5.42. The Balaban J connectivity index is 2.27. The van der Waals surface area contributed by atoms with Crippen LogP contribution >= 0.6 is 0 Å². The van der Waals surface area contributed by atoms with Crippen molar-refractivity contribution in [3.63, 3.8) is 0 Å². The van der Waals surface area contributed by atoms with Crippen LogP contribution in [0.3, 0.4) is 0 Å². The molecule has 1 fully saturated rings. The van der Waals surface area contributed by atoms with Crippen molar-refractivity contribution < 1.29 is 14.2 Å². The van der Waals surface area contributed by atoms with E-state index >= 15 is 0 Å². The normalized spacial score (nSPS) is 20.5. The molecular weight excluding hydrogens is 206 g/mol. The summed E-state index contributed by atoms with van der Waals surface area (Å²) in [6, 6.07) is 5.72. The number of methoxy groups -OCH3 is 2. The summed E-state index contributed by atoms with van der Waals surface area (Å²) in [5.74, 6) is 1.63. The van der Waals surface area contributed by atoms with E-state index in [0.29, 0.717) is 0 Å². The standard InChI is InChI=1S/C12H17NO3/c1-14-9-4-5-11(15-2)10(8-9)12-13-6-3-7-16-12/h4-5,8,12-13H,3,6-7H2,1-2H3. The van der Waals surface area contributed by atoms with Crippen molar-refractivity contribution in [1.29, 1.82) is 0 Å². The van der Waals surface area contributed by atoms with Gasteiger partial charge in [0, 0.05) is 12.1 Å². The minimum absolute atomic E-state index is 0.0983. The first kappa shape index (κ1) is 11.2. The monoisotopic (exact) mass is 223 g/mol. The summed E-state index contributed by atoms with van der Waals surface area (Å²) >= 11 is 0. The smallest absolute Gasteiger partial charge is 0.138 e. The van der Waals surface area contributed by atoms with E-state index in [9.17, 15) is 0 Å². The third kappa shape index (κ3) is 2.28.